The van der Waals surface area contributed by atoms with Crippen molar-refractivity contribution in [1.29, 1.82) is 0 Å². The van der Waals surface area contributed by atoms with E-state index in [0.717, 1.165) is 59.4 Å². The van der Waals surface area contributed by atoms with Gasteiger partial charge in [0.25, 0.3) is 0 Å². The zero-order chi connectivity index (χ0) is 25.2. The summed E-state index contributed by atoms with van der Waals surface area (Å²) in [5.74, 6) is 0.653. The van der Waals surface area contributed by atoms with Crippen molar-refractivity contribution in [3.8, 4) is 5.75 Å². The van der Waals surface area contributed by atoms with E-state index in [1.54, 1.807) is 0 Å². The van der Waals surface area contributed by atoms with Crippen molar-refractivity contribution in [3.05, 3.63) is 81.8 Å². The molecule has 0 saturated heterocycles. The van der Waals surface area contributed by atoms with Gasteiger partial charge in [-0.25, -0.2) is 0 Å². The Hall–Kier alpha value is -3.12. The van der Waals surface area contributed by atoms with E-state index >= 15 is 0 Å². The van der Waals surface area contributed by atoms with Gasteiger partial charge in [0.1, 0.15) is 24.3 Å². The molecule has 0 heterocycles. The van der Waals surface area contributed by atoms with Crippen molar-refractivity contribution in [2.24, 2.45) is 4.99 Å². The van der Waals surface area contributed by atoms with Gasteiger partial charge in [-0.3, -0.25) is 9.79 Å². The third-order valence-electron chi connectivity index (χ3n) is 6.06. The topological polar surface area (TPSA) is 45.1 Å². The largest absolute Gasteiger partial charge is 0.487 e. The summed E-state index contributed by atoms with van der Waals surface area (Å²) >= 11 is 3.53. The molecule has 0 aliphatic carbocycles. The van der Waals surface area contributed by atoms with E-state index < -0.39 is 0 Å². The van der Waals surface area contributed by atoms with Crippen LogP contribution in [0.3, 0.4) is 0 Å². The molecule has 0 radical (unpaired) electrons. The van der Waals surface area contributed by atoms with Crippen LogP contribution in [0.5, 0.6) is 5.75 Å². The third kappa shape index (κ3) is 6.95. The fourth-order valence-electron chi connectivity index (χ4n) is 3.99. The first-order chi connectivity index (χ1) is 17.0. The Morgan fingerprint density at radius 1 is 0.829 bits per heavy atom. The number of aldehydes is 1. The lowest BCUT2D eigenvalue weighted by Crippen LogP contribution is -2.22. The summed E-state index contributed by atoms with van der Waals surface area (Å²) in [6, 6.07) is 20.1. The van der Waals surface area contributed by atoms with Gasteiger partial charge in [-0.05, 0) is 81.8 Å². The van der Waals surface area contributed by atoms with Gasteiger partial charge in [0.05, 0.1) is 0 Å². The van der Waals surface area contributed by atoms with Crippen LogP contribution in [0.1, 0.15) is 49.2 Å². The maximum atomic E-state index is 11.6. The fourth-order valence-corrected chi connectivity index (χ4v) is 4.33. The second kappa shape index (κ2) is 13.1. The molecule has 0 amide bonds. The minimum Gasteiger partial charge on any atom is -0.487 e. The maximum absolute atomic E-state index is 11.6. The van der Waals surface area contributed by atoms with Crippen molar-refractivity contribution in [2.45, 2.75) is 34.3 Å². The number of rotatable bonds is 12. The van der Waals surface area contributed by atoms with E-state index in [4.69, 9.17) is 9.73 Å². The van der Waals surface area contributed by atoms with Crippen molar-refractivity contribution in [3.63, 3.8) is 0 Å². The quantitative estimate of drug-likeness (QED) is 0.180. The number of carbonyl (C=O) groups is 1. The average Bonchev–Trinajstić information content (AvgIpc) is 2.89. The standard InChI is InChI=1S/C29H34BrN3O2/c1-5-32(6-2)26-13-9-22(10-14-26)19-31-28-16-12-25(30)18-29(28)35-21-24-17-27(33(7-3)8-4)15-11-23(24)20-34/h9-20H,5-8,21H2,1-4H3. The van der Waals surface area contributed by atoms with E-state index in [9.17, 15) is 4.79 Å². The van der Waals surface area contributed by atoms with Crippen LogP contribution in [-0.2, 0) is 6.61 Å². The number of benzene rings is 3. The summed E-state index contributed by atoms with van der Waals surface area (Å²) in [5.41, 5.74) is 5.52. The molecule has 0 aliphatic rings. The molecule has 0 unspecified atom stereocenters. The predicted octanol–water partition coefficient (Wildman–Crippen LogP) is 7.28. The molecular weight excluding hydrogens is 502 g/mol. The van der Waals surface area contributed by atoms with Crippen LogP contribution in [0.4, 0.5) is 17.1 Å². The molecule has 5 nitrogen and oxygen atoms in total. The molecule has 0 spiro atoms. The molecule has 3 rings (SSSR count). The monoisotopic (exact) mass is 535 g/mol. The number of hydrogen-bond acceptors (Lipinski definition) is 5. The van der Waals surface area contributed by atoms with E-state index in [1.165, 1.54) is 5.69 Å². The first kappa shape index (κ1) is 26.5. The summed E-state index contributed by atoms with van der Waals surface area (Å²) in [5, 5.41) is 0. The number of ether oxygens (including phenoxy) is 1. The summed E-state index contributed by atoms with van der Waals surface area (Å²) in [6.45, 7) is 12.6. The van der Waals surface area contributed by atoms with Crippen LogP contribution in [0.2, 0.25) is 0 Å². The molecule has 35 heavy (non-hydrogen) atoms. The van der Waals surface area contributed by atoms with E-state index in [0.29, 0.717) is 11.3 Å². The molecule has 6 heteroatoms. The van der Waals surface area contributed by atoms with E-state index in [-0.39, 0.29) is 6.61 Å². The van der Waals surface area contributed by atoms with Crippen LogP contribution in [0.15, 0.2) is 70.1 Å². The lowest BCUT2D eigenvalue weighted by atomic mass is 10.1. The molecule has 3 aromatic carbocycles. The Kier molecular flexibility index (Phi) is 9.91. The van der Waals surface area contributed by atoms with Gasteiger partial charge in [0.2, 0.25) is 0 Å². The number of anilines is 2. The lowest BCUT2D eigenvalue weighted by molar-refractivity contribution is 0.112. The zero-order valence-electron chi connectivity index (χ0n) is 21.0. The summed E-state index contributed by atoms with van der Waals surface area (Å²) in [4.78, 5) is 20.9. The highest BCUT2D eigenvalue weighted by molar-refractivity contribution is 9.10. The van der Waals surface area contributed by atoms with Crippen molar-refractivity contribution in [1.82, 2.24) is 0 Å². The SMILES string of the molecule is CCN(CC)c1ccc(C=Nc2ccc(Br)cc2OCc2cc(N(CC)CC)ccc2C=O)cc1. The van der Waals surface area contributed by atoms with E-state index in [1.807, 2.05) is 42.6 Å². The van der Waals surface area contributed by atoms with Gasteiger partial charge in [-0.2, -0.15) is 0 Å². The Labute approximate surface area is 217 Å². The molecule has 0 bridgehead atoms. The van der Waals surface area contributed by atoms with Crippen molar-refractivity contribution in [2.75, 3.05) is 36.0 Å². The van der Waals surface area contributed by atoms with E-state index in [2.05, 4.69) is 77.7 Å². The molecule has 0 fully saturated rings. The first-order valence-electron chi connectivity index (χ1n) is 12.2. The highest BCUT2D eigenvalue weighted by atomic mass is 79.9. The predicted molar refractivity (Wildman–Crippen MR) is 151 cm³/mol. The van der Waals surface area contributed by atoms with Crippen molar-refractivity contribution < 1.29 is 9.53 Å². The lowest BCUT2D eigenvalue weighted by Gasteiger charge is -2.22. The first-order valence-corrected chi connectivity index (χ1v) is 13.0. The fraction of sp³-hybridized carbons (Fsp3) is 0.310. The highest BCUT2D eigenvalue weighted by Gasteiger charge is 2.10. The Morgan fingerprint density at radius 2 is 1.46 bits per heavy atom. The second-order valence-corrected chi connectivity index (χ2v) is 9.01. The minimum absolute atomic E-state index is 0.278. The van der Waals surface area contributed by atoms with Crippen LogP contribution in [0, 0.1) is 0 Å². The van der Waals surface area contributed by atoms with Crippen LogP contribution >= 0.6 is 15.9 Å². The van der Waals surface area contributed by atoms with Crippen LogP contribution in [0.25, 0.3) is 0 Å². The van der Waals surface area contributed by atoms with Crippen LogP contribution < -0.4 is 14.5 Å². The summed E-state index contributed by atoms with van der Waals surface area (Å²) in [7, 11) is 0. The van der Waals surface area contributed by atoms with Gasteiger partial charge in [-0.15, -0.1) is 0 Å². The van der Waals surface area contributed by atoms with Gasteiger partial charge in [0, 0.05) is 59.4 Å². The highest BCUT2D eigenvalue weighted by Crippen LogP contribution is 2.32. The molecule has 0 aliphatic heterocycles. The second-order valence-electron chi connectivity index (χ2n) is 8.10. The summed E-state index contributed by atoms with van der Waals surface area (Å²) < 4.78 is 7.09. The molecular formula is C29H34BrN3O2. The van der Waals surface area contributed by atoms with Gasteiger partial charge < -0.3 is 14.5 Å². The molecule has 184 valence electrons. The molecule has 0 aromatic heterocycles. The Balaban J connectivity index is 1.81. The molecule has 0 N–H and O–H groups in total. The maximum Gasteiger partial charge on any atom is 0.150 e. The summed E-state index contributed by atoms with van der Waals surface area (Å²) in [6.07, 6.45) is 2.73. The number of hydrogen-bond donors (Lipinski definition) is 0. The smallest absolute Gasteiger partial charge is 0.150 e. The molecule has 0 atom stereocenters. The zero-order valence-corrected chi connectivity index (χ0v) is 22.6. The van der Waals surface area contributed by atoms with Gasteiger partial charge in [0.15, 0.2) is 0 Å². The molecule has 3 aromatic rings. The Bertz CT molecular complexity index is 1140. The van der Waals surface area contributed by atoms with Crippen molar-refractivity contribution >= 4 is 45.5 Å². The third-order valence-corrected chi connectivity index (χ3v) is 6.55. The minimum atomic E-state index is 0.278. The Morgan fingerprint density at radius 3 is 2.09 bits per heavy atom. The van der Waals surface area contributed by atoms with Crippen LogP contribution in [-0.4, -0.2) is 38.7 Å². The average molecular weight is 537 g/mol. The number of carbonyl (C=O) groups excluding carboxylic acids is 1. The number of nitrogens with zero attached hydrogens (tertiary/aromatic N) is 3. The molecule has 0 saturated carbocycles. The number of halogens is 1. The normalized spacial score (nSPS) is 11.0. The van der Waals surface area contributed by atoms with Gasteiger partial charge in [-0.1, -0.05) is 28.1 Å². The number of aliphatic imine (C=N–C) groups is 1. The van der Waals surface area contributed by atoms with Gasteiger partial charge >= 0.3 is 0 Å².